The third-order valence-electron chi connectivity index (χ3n) is 3.62. The minimum absolute atomic E-state index is 0.0430. The minimum Gasteiger partial charge on any atom is -0.302 e. The SMILES string of the molecule is O=CC1C(=O)c2cc3c(cc2C1=O)C(=O)C(C=O)C3=O. The predicted octanol–water partition coefficient (Wildman–Crippen LogP) is 0.0748. The van der Waals surface area contributed by atoms with Gasteiger partial charge in [0.2, 0.25) is 0 Å². The highest BCUT2D eigenvalue weighted by Gasteiger charge is 2.44. The summed E-state index contributed by atoms with van der Waals surface area (Å²) < 4.78 is 0. The maximum absolute atomic E-state index is 11.9. The molecule has 0 saturated heterocycles. The van der Waals surface area contributed by atoms with Crippen LogP contribution in [0.2, 0.25) is 0 Å². The topological polar surface area (TPSA) is 102 Å². The van der Waals surface area contributed by atoms with Crippen LogP contribution in [0, 0.1) is 11.8 Å². The van der Waals surface area contributed by atoms with Crippen molar-refractivity contribution < 1.29 is 28.8 Å². The van der Waals surface area contributed by atoms with E-state index in [9.17, 15) is 28.8 Å². The van der Waals surface area contributed by atoms with Crippen LogP contribution in [0.1, 0.15) is 41.4 Å². The Labute approximate surface area is 111 Å². The van der Waals surface area contributed by atoms with Crippen molar-refractivity contribution in [1.82, 2.24) is 0 Å². The molecule has 0 radical (unpaired) electrons. The number of aldehydes is 2. The maximum Gasteiger partial charge on any atom is 0.181 e. The Morgan fingerprint density at radius 1 is 0.600 bits per heavy atom. The van der Waals surface area contributed by atoms with E-state index in [2.05, 4.69) is 0 Å². The van der Waals surface area contributed by atoms with Crippen molar-refractivity contribution >= 4 is 35.7 Å². The molecule has 0 unspecified atom stereocenters. The molecule has 0 aliphatic heterocycles. The van der Waals surface area contributed by atoms with Crippen molar-refractivity contribution in [3.8, 4) is 0 Å². The van der Waals surface area contributed by atoms with Crippen molar-refractivity contribution in [2.75, 3.05) is 0 Å². The average molecular weight is 270 g/mol. The van der Waals surface area contributed by atoms with Crippen LogP contribution in [0.15, 0.2) is 12.1 Å². The second-order valence-electron chi connectivity index (χ2n) is 4.63. The molecule has 0 fully saturated rings. The Balaban J connectivity index is 2.25. The van der Waals surface area contributed by atoms with Crippen molar-refractivity contribution in [1.29, 1.82) is 0 Å². The first-order valence-corrected chi connectivity index (χ1v) is 5.76. The molecule has 1 aromatic carbocycles. The number of Topliss-reactive ketones (excluding diaryl/α,β-unsaturated/α-hetero) is 4. The lowest BCUT2D eigenvalue weighted by Crippen LogP contribution is -2.17. The van der Waals surface area contributed by atoms with Gasteiger partial charge in [0, 0.05) is 22.3 Å². The summed E-state index contributed by atoms with van der Waals surface area (Å²) in [6.45, 7) is 0. The van der Waals surface area contributed by atoms with E-state index in [4.69, 9.17) is 0 Å². The van der Waals surface area contributed by atoms with Crippen LogP contribution in [0.25, 0.3) is 0 Å². The first-order chi connectivity index (χ1) is 9.51. The number of benzene rings is 1. The Hall–Kier alpha value is -2.76. The van der Waals surface area contributed by atoms with E-state index in [-0.39, 0.29) is 34.8 Å². The van der Waals surface area contributed by atoms with Gasteiger partial charge >= 0.3 is 0 Å². The third-order valence-corrected chi connectivity index (χ3v) is 3.62. The fourth-order valence-corrected chi connectivity index (χ4v) is 2.57. The number of hydrogen-bond donors (Lipinski definition) is 0. The lowest BCUT2D eigenvalue weighted by atomic mass is 10.0. The Morgan fingerprint density at radius 2 is 0.850 bits per heavy atom. The molecule has 0 heterocycles. The van der Waals surface area contributed by atoms with E-state index >= 15 is 0 Å². The second kappa shape index (κ2) is 3.86. The summed E-state index contributed by atoms with van der Waals surface area (Å²) in [5.41, 5.74) is -0.172. The highest BCUT2D eigenvalue weighted by molar-refractivity contribution is 6.37. The van der Waals surface area contributed by atoms with Gasteiger partial charge in [0.25, 0.3) is 0 Å². The summed E-state index contributed by atoms with van der Waals surface area (Å²) in [5, 5.41) is 0. The van der Waals surface area contributed by atoms with Crippen LogP contribution in [-0.4, -0.2) is 35.7 Å². The molecule has 0 bridgehead atoms. The molecule has 0 aromatic heterocycles. The van der Waals surface area contributed by atoms with Gasteiger partial charge in [0.05, 0.1) is 0 Å². The van der Waals surface area contributed by atoms with Crippen LogP contribution >= 0.6 is 0 Å². The van der Waals surface area contributed by atoms with E-state index in [0.29, 0.717) is 0 Å². The second-order valence-corrected chi connectivity index (χ2v) is 4.63. The van der Waals surface area contributed by atoms with E-state index in [1.165, 1.54) is 0 Å². The molecule has 0 atom stereocenters. The van der Waals surface area contributed by atoms with E-state index in [1.54, 1.807) is 0 Å². The fraction of sp³-hybridized carbons (Fsp3) is 0.143. The highest BCUT2D eigenvalue weighted by Crippen LogP contribution is 2.33. The molecule has 0 N–H and O–H groups in total. The Kier molecular flexibility index (Phi) is 2.37. The molecule has 3 rings (SSSR count). The lowest BCUT2D eigenvalue weighted by molar-refractivity contribution is -0.109. The van der Waals surface area contributed by atoms with Gasteiger partial charge in [-0.05, 0) is 12.1 Å². The number of rotatable bonds is 2. The van der Waals surface area contributed by atoms with Crippen LogP contribution in [0.4, 0.5) is 0 Å². The van der Waals surface area contributed by atoms with Crippen LogP contribution in [0.3, 0.4) is 0 Å². The number of carbonyl (C=O) groups excluding carboxylic acids is 6. The zero-order valence-corrected chi connectivity index (χ0v) is 9.91. The lowest BCUT2D eigenvalue weighted by Gasteiger charge is -2.00. The van der Waals surface area contributed by atoms with Crippen molar-refractivity contribution in [3.63, 3.8) is 0 Å². The predicted molar refractivity (Wildman–Crippen MR) is 62.9 cm³/mol. The molecular weight excluding hydrogens is 264 g/mol. The van der Waals surface area contributed by atoms with Crippen LogP contribution in [-0.2, 0) is 9.59 Å². The molecular formula is C14H6O6. The van der Waals surface area contributed by atoms with E-state index in [0.717, 1.165) is 12.1 Å². The average Bonchev–Trinajstić information content (AvgIpc) is 2.82. The van der Waals surface area contributed by atoms with Gasteiger partial charge < -0.3 is 9.59 Å². The minimum atomic E-state index is -1.40. The van der Waals surface area contributed by atoms with E-state index < -0.39 is 35.0 Å². The summed E-state index contributed by atoms with van der Waals surface area (Å²) in [6, 6.07) is 2.27. The smallest absolute Gasteiger partial charge is 0.181 e. The van der Waals surface area contributed by atoms with E-state index in [1.807, 2.05) is 0 Å². The first-order valence-electron chi connectivity index (χ1n) is 5.76. The summed E-state index contributed by atoms with van der Waals surface area (Å²) in [5.74, 6) is -5.54. The molecule has 2 aliphatic rings. The summed E-state index contributed by atoms with van der Waals surface area (Å²) in [6.07, 6.45) is 0.487. The number of ketones is 4. The Morgan fingerprint density at radius 3 is 1.05 bits per heavy atom. The highest BCUT2D eigenvalue weighted by atomic mass is 16.2. The van der Waals surface area contributed by atoms with Gasteiger partial charge in [-0.25, -0.2) is 0 Å². The molecule has 0 saturated carbocycles. The molecule has 20 heavy (non-hydrogen) atoms. The molecule has 0 spiro atoms. The third kappa shape index (κ3) is 1.27. The first kappa shape index (κ1) is 12.3. The van der Waals surface area contributed by atoms with Crippen molar-refractivity contribution in [3.05, 3.63) is 34.4 Å². The van der Waals surface area contributed by atoms with Crippen LogP contribution in [0.5, 0.6) is 0 Å². The van der Waals surface area contributed by atoms with Gasteiger partial charge in [-0.1, -0.05) is 0 Å². The van der Waals surface area contributed by atoms with Gasteiger partial charge in [0.1, 0.15) is 24.4 Å². The molecule has 98 valence electrons. The summed E-state index contributed by atoms with van der Waals surface area (Å²) in [7, 11) is 0. The quantitative estimate of drug-likeness (QED) is 0.556. The van der Waals surface area contributed by atoms with Crippen LogP contribution < -0.4 is 0 Å². The molecule has 6 nitrogen and oxygen atoms in total. The molecule has 2 aliphatic carbocycles. The van der Waals surface area contributed by atoms with Crippen molar-refractivity contribution in [2.45, 2.75) is 0 Å². The van der Waals surface area contributed by atoms with Gasteiger partial charge in [-0.15, -0.1) is 0 Å². The standard InChI is InChI=1S/C14H6O6/c15-3-9-11(17)5-1-6-8(2-7(5)13(9)19)14(20)10(4-16)12(6)18/h1-4,9-10H. The molecule has 6 heteroatoms. The zero-order valence-electron chi connectivity index (χ0n) is 9.91. The number of fused-ring (bicyclic) bond motifs is 2. The summed E-state index contributed by atoms with van der Waals surface area (Å²) in [4.78, 5) is 68.9. The maximum atomic E-state index is 11.9. The largest absolute Gasteiger partial charge is 0.302 e. The monoisotopic (exact) mass is 270 g/mol. The zero-order chi connectivity index (χ0) is 14.6. The molecule has 1 aromatic rings. The number of carbonyl (C=O) groups is 6. The summed E-state index contributed by atoms with van der Waals surface area (Å²) >= 11 is 0. The molecule has 0 amide bonds. The van der Waals surface area contributed by atoms with Gasteiger partial charge in [-0.3, -0.25) is 19.2 Å². The van der Waals surface area contributed by atoms with Gasteiger partial charge in [-0.2, -0.15) is 0 Å². The number of hydrogen-bond acceptors (Lipinski definition) is 6. The fourth-order valence-electron chi connectivity index (χ4n) is 2.57. The van der Waals surface area contributed by atoms with Gasteiger partial charge in [0.15, 0.2) is 23.1 Å². The van der Waals surface area contributed by atoms with Crippen molar-refractivity contribution in [2.24, 2.45) is 11.8 Å². The normalized spacial score (nSPS) is 18.4. The Bertz CT molecular complexity index is 628.